The summed E-state index contributed by atoms with van der Waals surface area (Å²) in [4.78, 5) is 17.1. The molecule has 4 aromatic rings. The highest BCUT2D eigenvalue weighted by atomic mass is 32.1. The fraction of sp³-hybridized carbons (Fsp3) is 0.333. The lowest BCUT2D eigenvalue weighted by Crippen LogP contribution is -2.40. The molecular formula is C24H23F3N4OS. The van der Waals surface area contributed by atoms with Crippen LogP contribution in [-0.2, 0) is 6.18 Å². The lowest BCUT2D eigenvalue weighted by Gasteiger charge is -2.30. The number of hydrogen-bond donors (Lipinski definition) is 2. The van der Waals surface area contributed by atoms with Crippen LogP contribution in [0.3, 0.4) is 0 Å². The van der Waals surface area contributed by atoms with Crippen LogP contribution in [0.25, 0.3) is 15.7 Å². The number of carbonyl (C=O) groups excluding carboxylic acids is 1. The van der Waals surface area contributed by atoms with Crippen molar-refractivity contribution < 1.29 is 18.0 Å². The Bertz CT molecular complexity index is 1320. The Hall–Kier alpha value is -3.07. The number of pyridine rings is 1. The predicted molar refractivity (Wildman–Crippen MR) is 124 cm³/mol. The highest BCUT2D eigenvalue weighted by molar-refractivity contribution is 7.20. The number of nitrogens with one attached hydrogen (secondary N) is 2. The van der Waals surface area contributed by atoms with Gasteiger partial charge in [-0.2, -0.15) is 13.2 Å². The van der Waals surface area contributed by atoms with Gasteiger partial charge in [0.15, 0.2) is 5.69 Å². The zero-order valence-corrected chi connectivity index (χ0v) is 18.8. The van der Waals surface area contributed by atoms with Crippen LogP contribution in [0.15, 0.2) is 48.7 Å². The summed E-state index contributed by atoms with van der Waals surface area (Å²) < 4.78 is 41.7. The number of aryl methyl sites for hydroxylation is 1. The van der Waals surface area contributed by atoms with E-state index in [2.05, 4.69) is 21.7 Å². The van der Waals surface area contributed by atoms with E-state index in [9.17, 15) is 18.0 Å². The minimum atomic E-state index is -4.48. The first-order valence-electron chi connectivity index (χ1n) is 10.9. The van der Waals surface area contributed by atoms with E-state index in [0.717, 1.165) is 42.0 Å². The van der Waals surface area contributed by atoms with Gasteiger partial charge in [-0.3, -0.25) is 9.20 Å². The number of halogens is 3. The Morgan fingerprint density at radius 2 is 1.85 bits per heavy atom. The number of anilines is 1. The van der Waals surface area contributed by atoms with E-state index in [-0.39, 0.29) is 23.6 Å². The zero-order chi connectivity index (χ0) is 23.2. The predicted octanol–water partition coefficient (Wildman–Crippen LogP) is 6.03. The lowest BCUT2D eigenvalue weighted by atomic mass is 9.91. The summed E-state index contributed by atoms with van der Waals surface area (Å²) in [5, 5.41) is 7.59. The van der Waals surface area contributed by atoms with Crippen LogP contribution in [0, 0.1) is 6.92 Å². The zero-order valence-electron chi connectivity index (χ0n) is 17.9. The Morgan fingerprint density at radius 1 is 1.09 bits per heavy atom. The van der Waals surface area contributed by atoms with Crippen molar-refractivity contribution in [3.05, 3.63) is 64.8 Å². The smallest absolute Gasteiger partial charge is 0.368 e. The Kier molecular flexibility index (Phi) is 5.52. The van der Waals surface area contributed by atoms with E-state index in [0.29, 0.717) is 10.7 Å². The van der Waals surface area contributed by atoms with E-state index < -0.39 is 11.9 Å². The molecule has 0 atom stereocenters. The second-order valence-electron chi connectivity index (χ2n) is 8.58. The van der Waals surface area contributed by atoms with Gasteiger partial charge >= 0.3 is 6.18 Å². The molecule has 5 nitrogen and oxygen atoms in total. The Balaban J connectivity index is 1.20. The van der Waals surface area contributed by atoms with Gasteiger partial charge in [0.1, 0.15) is 11.5 Å². The van der Waals surface area contributed by atoms with Crippen LogP contribution in [-0.4, -0.2) is 27.4 Å². The Morgan fingerprint density at radius 3 is 2.61 bits per heavy atom. The minimum Gasteiger partial charge on any atom is -0.368 e. The van der Waals surface area contributed by atoms with E-state index in [4.69, 9.17) is 0 Å². The highest BCUT2D eigenvalue weighted by Gasteiger charge is 2.34. The van der Waals surface area contributed by atoms with Gasteiger partial charge in [-0.25, -0.2) is 4.98 Å². The summed E-state index contributed by atoms with van der Waals surface area (Å²) in [5.41, 5.74) is 0.523. The monoisotopic (exact) mass is 472 g/mol. The quantitative estimate of drug-likeness (QED) is 0.381. The molecule has 5 rings (SSSR count). The summed E-state index contributed by atoms with van der Waals surface area (Å²) in [6, 6.07) is 13.3. The van der Waals surface area contributed by atoms with Gasteiger partial charge in [0, 0.05) is 23.0 Å². The molecule has 0 aliphatic heterocycles. The van der Waals surface area contributed by atoms with Crippen molar-refractivity contribution in [2.24, 2.45) is 0 Å². The molecule has 1 aromatic carbocycles. The maximum Gasteiger partial charge on any atom is 0.434 e. The first-order valence-corrected chi connectivity index (χ1v) is 11.7. The molecule has 0 radical (unpaired) electrons. The standard InChI is InChI=1S/C24H23F3N4OS/c1-14-5-6-15-12-19(33-18(15)11-14)23(32)29-17-9-7-16(8-10-17)28-21-3-2-4-22-30-20(13-31(21)22)24(25,26)27/h2-6,11-13,16-17,28H,7-10H2,1H3,(H,29,32). The summed E-state index contributed by atoms with van der Waals surface area (Å²) >= 11 is 1.50. The Labute approximate surface area is 192 Å². The molecule has 172 valence electrons. The lowest BCUT2D eigenvalue weighted by molar-refractivity contribution is -0.140. The van der Waals surface area contributed by atoms with Crippen LogP contribution in [0.1, 0.15) is 46.6 Å². The van der Waals surface area contributed by atoms with Gasteiger partial charge in [-0.1, -0.05) is 18.2 Å². The topological polar surface area (TPSA) is 58.4 Å². The summed E-state index contributed by atoms with van der Waals surface area (Å²) in [5.74, 6) is 0.539. The molecule has 2 N–H and O–H groups in total. The van der Waals surface area contributed by atoms with Crippen molar-refractivity contribution in [3.8, 4) is 0 Å². The number of imidazole rings is 1. The molecule has 9 heteroatoms. The van der Waals surface area contributed by atoms with Gasteiger partial charge in [-0.15, -0.1) is 11.3 Å². The van der Waals surface area contributed by atoms with Gasteiger partial charge in [-0.05, 0) is 67.8 Å². The number of aromatic nitrogens is 2. The molecule has 1 fully saturated rings. The van der Waals surface area contributed by atoms with Crippen LogP contribution >= 0.6 is 11.3 Å². The van der Waals surface area contributed by atoms with Gasteiger partial charge in [0.25, 0.3) is 5.91 Å². The molecule has 1 aliphatic rings. The van der Waals surface area contributed by atoms with E-state index in [1.807, 2.05) is 25.1 Å². The molecular weight excluding hydrogens is 449 g/mol. The van der Waals surface area contributed by atoms with Gasteiger partial charge in [0.05, 0.1) is 4.88 Å². The van der Waals surface area contributed by atoms with Gasteiger partial charge < -0.3 is 10.6 Å². The largest absolute Gasteiger partial charge is 0.434 e. The number of carbonyl (C=O) groups is 1. The van der Waals surface area contributed by atoms with Crippen LogP contribution in [0.4, 0.5) is 19.0 Å². The third-order valence-electron chi connectivity index (χ3n) is 6.10. The molecule has 1 amide bonds. The SMILES string of the molecule is Cc1ccc2cc(C(=O)NC3CCC(Nc4cccc5nc(C(F)(F)F)cn45)CC3)sc2c1. The fourth-order valence-electron chi connectivity index (χ4n) is 4.36. The number of amides is 1. The number of hydrogen-bond acceptors (Lipinski definition) is 4. The first-order chi connectivity index (χ1) is 15.8. The normalized spacial score (nSPS) is 19.2. The third kappa shape index (κ3) is 4.55. The molecule has 33 heavy (non-hydrogen) atoms. The summed E-state index contributed by atoms with van der Waals surface area (Å²) in [6.07, 6.45) is -0.216. The summed E-state index contributed by atoms with van der Waals surface area (Å²) in [7, 11) is 0. The number of thiophene rings is 1. The first kappa shape index (κ1) is 21.8. The second-order valence-corrected chi connectivity index (χ2v) is 9.67. The van der Waals surface area contributed by atoms with Crippen molar-refractivity contribution in [2.75, 3.05) is 5.32 Å². The highest BCUT2D eigenvalue weighted by Crippen LogP contribution is 2.31. The second kappa shape index (κ2) is 8.37. The number of fused-ring (bicyclic) bond motifs is 2. The molecule has 0 unspecified atom stereocenters. The average molecular weight is 473 g/mol. The maximum atomic E-state index is 13.0. The van der Waals surface area contributed by atoms with Crippen molar-refractivity contribution in [1.82, 2.24) is 14.7 Å². The molecule has 0 spiro atoms. The average Bonchev–Trinajstić information content (AvgIpc) is 3.39. The molecule has 3 aromatic heterocycles. The number of rotatable bonds is 4. The third-order valence-corrected chi connectivity index (χ3v) is 7.19. The van der Waals surface area contributed by atoms with Crippen molar-refractivity contribution >= 4 is 38.8 Å². The van der Waals surface area contributed by atoms with Crippen LogP contribution in [0.5, 0.6) is 0 Å². The number of nitrogens with zero attached hydrogens (tertiary/aromatic N) is 2. The number of benzene rings is 1. The number of alkyl halides is 3. The van der Waals surface area contributed by atoms with Crippen molar-refractivity contribution in [3.63, 3.8) is 0 Å². The minimum absolute atomic E-state index is 0.0480. The van der Waals surface area contributed by atoms with Gasteiger partial charge in [0.2, 0.25) is 0 Å². The maximum absolute atomic E-state index is 13.0. The molecule has 1 aliphatic carbocycles. The van der Waals surface area contributed by atoms with Crippen molar-refractivity contribution in [2.45, 2.75) is 50.9 Å². The van der Waals surface area contributed by atoms with Crippen LogP contribution in [0.2, 0.25) is 0 Å². The van der Waals surface area contributed by atoms with E-state index >= 15 is 0 Å². The van der Waals surface area contributed by atoms with E-state index in [1.165, 1.54) is 21.3 Å². The molecule has 3 heterocycles. The molecule has 0 saturated heterocycles. The van der Waals surface area contributed by atoms with Crippen molar-refractivity contribution in [1.29, 1.82) is 0 Å². The fourth-order valence-corrected chi connectivity index (χ4v) is 5.43. The van der Waals surface area contributed by atoms with E-state index in [1.54, 1.807) is 18.2 Å². The summed E-state index contributed by atoms with van der Waals surface area (Å²) in [6.45, 7) is 2.04. The molecule has 0 bridgehead atoms. The molecule has 1 saturated carbocycles. The van der Waals surface area contributed by atoms with Crippen LogP contribution < -0.4 is 10.6 Å².